The van der Waals surface area contributed by atoms with E-state index in [4.69, 9.17) is 5.73 Å². The van der Waals surface area contributed by atoms with Crippen molar-refractivity contribution in [2.75, 3.05) is 6.54 Å². The van der Waals surface area contributed by atoms with E-state index in [0.29, 0.717) is 18.7 Å². The van der Waals surface area contributed by atoms with Crippen molar-refractivity contribution >= 4 is 17.7 Å². The van der Waals surface area contributed by atoms with E-state index < -0.39 is 5.91 Å². The van der Waals surface area contributed by atoms with E-state index in [1.165, 1.54) is 0 Å². The molecular formula is C13H15N3O3. The van der Waals surface area contributed by atoms with Crippen LogP contribution in [0.15, 0.2) is 24.3 Å². The molecule has 1 fully saturated rings. The summed E-state index contributed by atoms with van der Waals surface area (Å²) in [5.74, 6) is -1.08. The SMILES string of the molecule is NC(=O)c1cccc(CNC(=O)C2CNC(=O)C2)c1. The molecule has 1 heterocycles. The molecular weight excluding hydrogens is 246 g/mol. The summed E-state index contributed by atoms with van der Waals surface area (Å²) in [4.78, 5) is 33.8. The molecule has 19 heavy (non-hydrogen) atoms. The lowest BCUT2D eigenvalue weighted by atomic mass is 10.1. The van der Waals surface area contributed by atoms with Crippen molar-refractivity contribution in [3.63, 3.8) is 0 Å². The highest BCUT2D eigenvalue weighted by Crippen LogP contribution is 2.10. The molecule has 1 aliphatic heterocycles. The van der Waals surface area contributed by atoms with Gasteiger partial charge >= 0.3 is 0 Å². The first-order valence-electron chi connectivity index (χ1n) is 5.99. The topological polar surface area (TPSA) is 101 Å². The van der Waals surface area contributed by atoms with E-state index in [1.54, 1.807) is 24.3 Å². The van der Waals surface area contributed by atoms with Gasteiger partial charge in [-0.15, -0.1) is 0 Å². The minimum Gasteiger partial charge on any atom is -0.366 e. The highest BCUT2D eigenvalue weighted by Gasteiger charge is 2.27. The highest BCUT2D eigenvalue weighted by molar-refractivity contribution is 5.93. The van der Waals surface area contributed by atoms with Gasteiger partial charge < -0.3 is 16.4 Å². The Hall–Kier alpha value is -2.37. The predicted molar refractivity (Wildman–Crippen MR) is 67.9 cm³/mol. The van der Waals surface area contributed by atoms with Gasteiger partial charge in [-0.1, -0.05) is 12.1 Å². The third-order valence-electron chi connectivity index (χ3n) is 3.03. The normalized spacial score (nSPS) is 17.9. The third kappa shape index (κ3) is 3.31. The van der Waals surface area contributed by atoms with Crippen LogP contribution in [0.2, 0.25) is 0 Å². The van der Waals surface area contributed by atoms with Crippen LogP contribution in [-0.4, -0.2) is 24.3 Å². The molecule has 0 aliphatic carbocycles. The molecule has 4 N–H and O–H groups in total. The lowest BCUT2D eigenvalue weighted by molar-refractivity contribution is -0.126. The Labute approximate surface area is 110 Å². The first kappa shape index (κ1) is 13.1. The van der Waals surface area contributed by atoms with Gasteiger partial charge in [0.2, 0.25) is 17.7 Å². The number of nitrogens with two attached hydrogens (primary N) is 1. The molecule has 100 valence electrons. The summed E-state index contributed by atoms with van der Waals surface area (Å²) >= 11 is 0. The van der Waals surface area contributed by atoms with Crippen LogP contribution in [0.3, 0.4) is 0 Å². The Morgan fingerprint density at radius 1 is 1.42 bits per heavy atom. The van der Waals surface area contributed by atoms with Gasteiger partial charge in [0.1, 0.15) is 0 Å². The zero-order valence-corrected chi connectivity index (χ0v) is 10.3. The monoisotopic (exact) mass is 261 g/mol. The number of carbonyl (C=O) groups excluding carboxylic acids is 3. The van der Waals surface area contributed by atoms with Crippen molar-refractivity contribution in [1.29, 1.82) is 0 Å². The van der Waals surface area contributed by atoms with E-state index in [9.17, 15) is 14.4 Å². The van der Waals surface area contributed by atoms with Crippen molar-refractivity contribution in [1.82, 2.24) is 10.6 Å². The minimum absolute atomic E-state index is 0.101. The van der Waals surface area contributed by atoms with E-state index in [1.807, 2.05) is 0 Å². The summed E-state index contributed by atoms with van der Waals surface area (Å²) in [7, 11) is 0. The van der Waals surface area contributed by atoms with E-state index in [2.05, 4.69) is 10.6 Å². The van der Waals surface area contributed by atoms with Crippen molar-refractivity contribution in [3.05, 3.63) is 35.4 Å². The molecule has 0 bridgehead atoms. The standard InChI is InChI=1S/C13H15N3O3/c14-12(18)9-3-1-2-8(4-9)6-16-13(19)10-5-11(17)15-7-10/h1-4,10H,5-7H2,(H2,14,18)(H,15,17)(H,16,19). The first-order chi connectivity index (χ1) is 9.06. The molecule has 6 heteroatoms. The van der Waals surface area contributed by atoms with Crippen LogP contribution in [0.25, 0.3) is 0 Å². The zero-order valence-electron chi connectivity index (χ0n) is 10.3. The minimum atomic E-state index is -0.501. The summed E-state index contributed by atoms with van der Waals surface area (Å²) < 4.78 is 0. The average Bonchev–Trinajstić information content (AvgIpc) is 2.83. The summed E-state index contributed by atoms with van der Waals surface area (Å²) in [6.07, 6.45) is 0.229. The number of rotatable bonds is 4. The quantitative estimate of drug-likeness (QED) is 0.683. The van der Waals surface area contributed by atoms with Crippen LogP contribution in [0, 0.1) is 5.92 Å². The third-order valence-corrected chi connectivity index (χ3v) is 3.03. The Balaban J connectivity index is 1.91. The van der Waals surface area contributed by atoms with Gasteiger partial charge in [-0.2, -0.15) is 0 Å². The molecule has 6 nitrogen and oxygen atoms in total. The molecule has 3 amide bonds. The maximum Gasteiger partial charge on any atom is 0.248 e. The van der Waals surface area contributed by atoms with Crippen molar-refractivity contribution in [2.24, 2.45) is 11.7 Å². The van der Waals surface area contributed by atoms with Gasteiger partial charge in [-0.3, -0.25) is 14.4 Å². The summed E-state index contributed by atoms with van der Waals surface area (Å²) in [6.45, 7) is 0.691. The second-order valence-corrected chi connectivity index (χ2v) is 4.49. The van der Waals surface area contributed by atoms with Crippen LogP contribution >= 0.6 is 0 Å². The number of carbonyl (C=O) groups is 3. The van der Waals surface area contributed by atoms with Crippen LogP contribution in [0.1, 0.15) is 22.3 Å². The lowest BCUT2D eigenvalue weighted by Gasteiger charge is -2.09. The molecule has 1 aromatic rings. The summed E-state index contributed by atoms with van der Waals surface area (Å²) in [5.41, 5.74) is 6.38. The average molecular weight is 261 g/mol. The molecule has 2 rings (SSSR count). The Morgan fingerprint density at radius 2 is 2.21 bits per heavy atom. The summed E-state index contributed by atoms with van der Waals surface area (Å²) in [5, 5.41) is 5.36. The van der Waals surface area contributed by atoms with Gasteiger partial charge in [0.25, 0.3) is 0 Å². The molecule has 1 atom stereocenters. The lowest BCUT2D eigenvalue weighted by Crippen LogP contribution is -2.31. The number of amides is 3. The number of hydrogen-bond donors (Lipinski definition) is 3. The number of nitrogens with one attached hydrogen (secondary N) is 2. The van der Waals surface area contributed by atoms with Gasteiger partial charge in [-0.05, 0) is 17.7 Å². The fourth-order valence-electron chi connectivity index (χ4n) is 1.96. The van der Waals surface area contributed by atoms with E-state index in [0.717, 1.165) is 5.56 Å². The second-order valence-electron chi connectivity index (χ2n) is 4.49. The highest BCUT2D eigenvalue weighted by atomic mass is 16.2. The molecule has 1 aromatic carbocycles. The second kappa shape index (κ2) is 5.51. The van der Waals surface area contributed by atoms with E-state index in [-0.39, 0.29) is 24.2 Å². The van der Waals surface area contributed by atoms with Crippen molar-refractivity contribution in [2.45, 2.75) is 13.0 Å². The number of hydrogen-bond acceptors (Lipinski definition) is 3. The first-order valence-corrected chi connectivity index (χ1v) is 5.99. The van der Waals surface area contributed by atoms with Crippen LogP contribution in [0.4, 0.5) is 0 Å². The van der Waals surface area contributed by atoms with Gasteiger partial charge in [0.05, 0.1) is 5.92 Å². The maximum atomic E-state index is 11.8. The molecule has 0 aromatic heterocycles. The van der Waals surface area contributed by atoms with Gasteiger partial charge in [0, 0.05) is 25.1 Å². The van der Waals surface area contributed by atoms with Crippen molar-refractivity contribution < 1.29 is 14.4 Å². The fourth-order valence-corrected chi connectivity index (χ4v) is 1.96. The molecule has 1 saturated heterocycles. The fraction of sp³-hybridized carbons (Fsp3) is 0.308. The number of primary amides is 1. The number of benzene rings is 1. The van der Waals surface area contributed by atoms with Crippen LogP contribution in [0.5, 0.6) is 0 Å². The molecule has 0 radical (unpaired) electrons. The molecule has 0 spiro atoms. The maximum absolute atomic E-state index is 11.8. The Morgan fingerprint density at radius 3 is 2.84 bits per heavy atom. The van der Waals surface area contributed by atoms with Gasteiger partial charge in [-0.25, -0.2) is 0 Å². The predicted octanol–water partition coefficient (Wildman–Crippen LogP) is -0.462. The summed E-state index contributed by atoms with van der Waals surface area (Å²) in [6, 6.07) is 6.76. The van der Waals surface area contributed by atoms with E-state index >= 15 is 0 Å². The zero-order chi connectivity index (χ0) is 13.8. The largest absolute Gasteiger partial charge is 0.366 e. The smallest absolute Gasteiger partial charge is 0.248 e. The van der Waals surface area contributed by atoms with Crippen LogP contribution in [-0.2, 0) is 16.1 Å². The molecule has 0 saturated carbocycles. The Kier molecular flexibility index (Phi) is 3.79. The molecule has 1 aliphatic rings. The molecule has 1 unspecified atom stereocenters. The van der Waals surface area contributed by atoms with Crippen molar-refractivity contribution in [3.8, 4) is 0 Å². The Bertz CT molecular complexity index is 528. The van der Waals surface area contributed by atoms with Gasteiger partial charge in [0.15, 0.2) is 0 Å². The van der Waals surface area contributed by atoms with Crippen LogP contribution < -0.4 is 16.4 Å².